The van der Waals surface area contributed by atoms with Crippen molar-refractivity contribution in [3.05, 3.63) is 118 Å². The first-order valence-corrected chi connectivity index (χ1v) is 24.8. The van der Waals surface area contributed by atoms with Crippen LogP contribution in [-0.2, 0) is 13.1 Å². The van der Waals surface area contributed by atoms with Crippen LogP contribution in [0.4, 0.5) is 49.9 Å². The Bertz CT molecular complexity index is 2660. The van der Waals surface area contributed by atoms with E-state index in [0.717, 1.165) is 107 Å². The van der Waals surface area contributed by atoms with Crippen molar-refractivity contribution < 1.29 is 26.3 Å². The lowest BCUT2D eigenvalue weighted by molar-refractivity contribution is 0.374. The summed E-state index contributed by atoms with van der Waals surface area (Å²) in [6, 6.07) is 8.91. The average molecular weight is 988 g/mol. The van der Waals surface area contributed by atoms with Crippen LogP contribution >= 0.6 is 11.6 Å². The van der Waals surface area contributed by atoms with Crippen molar-refractivity contribution in [1.29, 1.82) is 0 Å². The largest absolute Gasteiger partial charge is 0.356 e. The molecule has 2 N–H and O–H groups in total. The van der Waals surface area contributed by atoms with Crippen LogP contribution in [0.25, 0.3) is 0 Å². The highest BCUT2D eigenvalue weighted by atomic mass is 35.5. The zero-order valence-electron chi connectivity index (χ0n) is 38.6. The highest BCUT2D eigenvalue weighted by Crippen LogP contribution is 2.43. The van der Waals surface area contributed by atoms with Crippen molar-refractivity contribution in [3.8, 4) is 0 Å². The number of rotatable bonds is 8. The fourth-order valence-corrected chi connectivity index (χ4v) is 12.2. The van der Waals surface area contributed by atoms with Crippen LogP contribution in [0.2, 0.25) is 5.15 Å². The maximum Gasteiger partial charge on any atom is 0.242 e. The molecule has 4 aromatic heterocycles. The van der Waals surface area contributed by atoms with Gasteiger partial charge in [0, 0.05) is 92.1 Å². The second-order valence-corrected chi connectivity index (χ2v) is 20.1. The Kier molecular flexibility index (Phi) is 12.8. The van der Waals surface area contributed by atoms with Gasteiger partial charge >= 0.3 is 0 Å². The van der Waals surface area contributed by atoms with E-state index >= 15 is 0 Å². The molecule has 8 atom stereocenters. The topological polar surface area (TPSA) is 144 Å². The Morgan fingerprint density at radius 1 is 0.529 bits per heavy atom. The lowest BCUT2D eigenvalue weighted by Gasteiger charge is -2.38. The second-order valence-electron chi connectivity index (χ2n) is 19.7. The van der Waals surface area contributed by atoms with Gasteiger partial charge in [-0.3, -0.25) is 0 Å². The van der Waals surface area contributed by atoms with Gasteiger partial charge in [-0.1, -0.05) is 36.6 Å². The molecule has 12 rings (SSSR count). The smallest absolute Gasteiger partial charge is 0.242 e. The third kappa shape index (κ3) is 9.00. The van der Waals surface area contributed by atoms with E-state index in [1.165, 1.54) is 18.5 Å². The molecule has 4 fully saturated rings. The number of benzene rings is 2. The molecule has 0 amide bonds. The molecule has 0 spiro atoms. The molecule has 4 aliphatic heterocycles. The van der Waals surface area contributed by atoms with Crippen molar-refractivity contribution in [1.82, 2.24) is 49.5 Å². The fourth-order valence-electron chi connectivity index (χ4n) is 12.1. The predicted octanol–water partition coefficient (Wildman–Crippen LogP) is 9.22. The van der Waals surface area contributed by atoms with Crippen LogP contribution in [0.3, 0.4) is 0 Å². The number of halogens is 7. The number of piperidine rings is 2. The summed E-state index contributed by atoms with van der Waals surface area (Å²) in [5.74, 6) is -2.74. The highest BCUT2D eigenvalue weighted by molar-refractivity contribution is 6.29. The minimum absolute atomic E-state index is 0.128. The summed E-state index contributed by atoms with van der Waals surface area (Å²) >= 11 is 6.06. The van der Waals surface area contributed by atoms with E-state index in [1.807, 2.05) is 13.0 Å². The highest BCUT2D eigenvalue weighted by Gasteiger charge is 2.45. The molecule has 70 heavy (non-hydrogen) atoms. The standard InChI is InChI=1S/C25H28F3N7.C24H25ClF3N7/c1-14-10-20(30-13-29-14)34-11-15-5-6-16(12-34)23(15)31-25-32-24-18(4-2-3-9-35(24)33-25)17-7-8-19(26)22(28)21(17)27;25-18-9-19(30-12-29-18)34-10-13-4-5-14(11-34)22(13)31-24-32-23-16(3-1-2-8-35(23)33-24)15-6-7-17(26)21(28)20(15)27/h7-8,10,13,15-16,18,23H,2-6,9,11-12H2,1H3,(H,31,33);6-7,9,12-14,16,22H,1-5,8,10-11H2,(H,31,33)/t15-,16+,18-,23+;13-,14+,16?,22+/m1./s1. The van der Waals surface area contributed by atoms with Gasteiger partial charge in [0.25, 0.3) is 0 Å². The van der Waals surface area contributed by atoms with Gasteiger partial charge in [0.15, 0.2) is 34.9 Å². The monoisotopic (exact) mass is 986 g/mol. The first-order chi connectivity index (χ1) is 33.9. The van der Waals surface area contributed by atoms with Crippen molar-refractivity contribution in [3.63, 3.8) is 0 Å². The first kappa shape index (κ1) is 46.3. The van der Waals surface area contributed by atoms with E-state index in [9.17, 15) is 26.3 Å². The van der Waals surface area contributed by atoms with E-state index in [1.54, 1.807) is 21.8 Å². The van der Waals surface area contributed by atoms with E-state index in [0.29, 0.717) is 78.3 Å². The quantitative estimate of drug-likeness (QED) is 0.0853. The van der Waals surface area contributed by atoms with Crippen LogP contribution in [0.15, 0.2) is 49.1 Å². The number of hydrogen-bond acceptors (Lipinski definition) is 12. The van der Waals surface area contributed by atoms with E-state index in [2.05, 4.69) is 45.5 Å². The summed E-state index contributed by atoms with van der Waals surface area (Å²) in [6.07, 6.45) is 12.1. The van der Waals surface area contributed by atoms with Gasteiger partial charge in [-0.15, -0.1) is 10.2 Å². The van der Waals surface area contributed by atoms with E-state index in [4.69, 9.17) is 26.7 Å². The lowest BCUT2D eigenvalue weighted by atomic mass is 9.92. The number of aromatic nitrogens is 10. The van der Waals surface area contributed by atoms with Gasteiger partial charge in [0.2, 0.25) is 11.9 Å². The minimum Gasteiger partial charge on any atom is -0.356 e. The van der Waals surface area contributed by atoms with Gasteiger partial charge < -0.3 is 20.4 Å². The van der Waals surface area contributed by atoms with Crippen molar-refractivity contribution in [2.45, 2.75) is 108 Å². The zero-order chi connectivity index (χ0) is 48.2. The third-order valence-electron chi connectivity index (χ3n) is 15.4. The number of nitrogens with one attached hydrogen (secondary N) is 2. The van der Waals surface area contributed by atoms with Crippen LogP contribution in [-0.4, -0.2) is 87.7 Å². The molecule has 1 unspecified atom stereocenters. The van der Waals surface area contributed by atoms with Gasteiger partial charge in [-0.25, -0.2) is 55.6 Å². The normalized spacial score (nSPS) is 25.9. The molecule has 2 saturated heterocycles. The van der Waals surface area contributed by atoms with Crippen molar-refractivity contribution in [2.24, 2.45) is 23.7 Å². The van der Waals surface area contributed by atoms with E-state index < -0.39 is 46.7 Å². The Hall–Kier alpha value is -6.05. The van der Waals surface area contributed by atoms with Crippen LogP contribution in [0.1, 0.15) is 105 Å². The summed E-state index contributed by atoms with van der Waals surface area (Å²) in [5, 5.41) is 17.0. The molecule has 21 heteroatoms. The number of aryl methyl sites for hydroxylation is 3. The molecule has 0 radical (unpaired) electrons. The van der Waals surface area contributed by atoms with Crippen molar-refractivity contribution >= 4 is 35.1 Å². The van der Waals surface area contributed by atoms with E-state index in [-0.39, 0.29) is 23.2 Å². The van der Waals surface area contributed by atoms with Crippen LogP contribution in [0, 0.1) is 65.5 Å². The maximum absolute atomic E-state index is 14.7. The Labute approximate surface area is 405 Å². The van der Waals surface area contributed by atoms with Crippen LogP contribution in [0.5, 0.6) is 0 Å². The van der Waals surface area contributed by atoms with Gasteiger partial charge in [-0.05, 0) is 94.1 Å². The maximum atomic E-state index is 14.7. The Morgan fingerprint density at radius 2 is 0.971 bits per heavy atom. The SMILES string of the molecule is Cc1cc(N2C[C@H]3CC[C@@H](C2)[C@H]3Nc2nc3n(n2)CCCC[C@@H]3c2ccc(F)c(F)c2F)ncn1.Fc1ccc(C2CCCCn3nc(N[C@H]4[C@@H]5CC[C@H]4CN(c4cc(Cl)ncn4)C5)nc32)c(F)c1F. The van der Waals surface area contributed by atoms with Crippen LogP contribution < -0.4 is 20.4 Å². The van der Waals surface area contributed by atoms with Gasteiger partial charge in [0.05, 0.1) is 0 Å². The first-order valence-electron chi connectivity index (χ1n) is 24.4. The summed E-state index contributed by atoms with van der Waals surface area (Å²) in [5.41, 5.74) is 1.22. The molecular weight excluding hydrogens is 934 g/mol. The molecular formula is C49H53ClF6N14. The number of hydrogen-bond donors (Lipinski definition) is 2. The number of anilines is 4. The third-order valence-corrected chi connectivity index (χ3v) is 15.7. The molecule has 14 nitrogen and oxygen atoms in total. The molecule has 8 heterocycles. The molecule has 6 aliphatic rings. The van der Waals surface area contributed by atoms with Gasteiger partial charge in [-0.2, -0.15) is 9.97 Å². The predicted molar refractivity (Wildman–Crippen MR) is 250 cm³/mol. The van der Waals surface area contributed by atoms with Gasteiger partial charge in [0.1, 0.15) is 41.1 Å². The molecule has 2 aliphatic carbocycles. The minimum atomic E-state index is -1.44. The Balaban J connectivity index is 0.000000152. The molecule has 2 saturated carbocycles. The van der Waals surface area contributed by atoms with Crippen molar-refractivity contribution in [2.75, 3.05) is 46.6 Å². The summed E-state index contributed by atoms with van der Waals surface area (Å²) in [6.45, 7) is 6.80. The molecule has 4 bridgehead atoms. The fraction of sp³-hybridized carbons (Fsp3) is 0.510. The molecule has 2 aromatic carbocycles. The summed E-state index contributed by atoms with van der Waals surface area (Å²) in [4.78, 5) is 31.1. The molecule has 6 aromatic rings. The summed E-state index contributed by atoms with van der Waals surface area (Å²) < 4.78 is 88.0. The number of fused-ring (bicyclic) bond motifs is 6. The molecule has 368 valence electrons. The Morgan fingerprint density at radius 3 is 1.41 bits per heavy atom. The second kappa shape index (κ2) is 19.3. The zero-order valence-corrected chi connectivity index (χ0v) is 39.3. The average Bonchev–Trinajstić information content (AvgIpc) is 3.97. The lowest BCUT2D eigenvalue weighted by Crippen LogP contribution is -2.48. The summed E-state index contributed by atoms with van der Waals surface area (Å²) in [7, 11) is 0. The number of nitrogens with zero attached hydrogens (tertiary/aromatic N) is 12.